The second kappa shape index (κ2) is 3.59. The molecule has 0 spiro atoms. The molecule has 1 aromatic rings. The lowest BCUT2D eigenvalue weighted by atomic mass is 10.3. The summed E-state index contributed by atoms with van der Waals surface area (Å²) in [5.74, 6) is 0.516. The molecular formula is C8H9NO3S. The molecule has 13 heavy (non-hydrogen) atoms. The molecule has 0 aliphatic heterocycles. The first-order valence-electron chi connectivity index (χ1n) is 3.44. The van der Waals surface area contributed by atoms with E-state index in [1.165, 1.54) is 30.5 Å². The summed E-state index contributed by atoms with van der Waals surface area (Å²) in [6.45, 7) is 3.36. The van der Waals surface area contributed by atoms with E-state index in [0.29, 0.717) is 5.75 Å². The highest BCUT2D eigenvalue weighted by atomic mass is 32.2. The number of hydrogen-bond donors (Lipinski definition) is 1. The zero-order valence-corrected chi connectivity index (χ0v) is 7.62. The Morgan fingerprint density at radius 2 is 1.85 bits per heavy atom. The van der Waals surface area contributed by atoms with Gasteiger partial charge in [0.2, 0.25) is 10.0 Å². The average molecular weight is 199 g/mol. The molecule has 0 unspecified atom stereocenters. The SMILES string of the molecule is C=COc1ccc(S(N)(=O)=O)cc1. The van der Waals surface area contributed by atoms with Crippen molar-refractivity contribution in [2.24, 2.45) is 5.14 Å². The molecule has 0 saturated carbocycles. The van der Waals surface area contributed by atoms with Gasteiger partial charge in [-0.25, -0.2) is 13.6 Å². The summed E-state index contributed by atoms with van der Waals surface area (Å²) >= 11 is 0. The molecule has 2 N–H and O–H groups in total. The summed E-state index contributed by atoms with van der Waals surface area (Å²) in [6, 6.07) is 5.74. The largest absolute Gasteiger partial charge is 0.466 e. The fourth-order valence-corrected chi connectivity index (χ4v) is 1.32. The first-order valence-corrected chi connectivity index (χ1v) is 4.99. The van der Waals surface area contributed by atoms with E-state index in [0.717, 1.165) is 0 Å². The number of nitrogens with two attached hydrogens (primary N) is 1. The average Bonchev–Trinajstić information content (AvgIpc) is 2.04. The highest BCUT2D eigenvalue weighted by molar-refractivity contribution is 7.89. The van der Waals surface area contributed by atoms with Crippen LogP contribution < -0.4 is 9.88 Å². The van der Waals surface area contributed by atoms with E-state index in [-0.39, 0.29) is 4.90 Å². The van der Waals surface area contributed by atoms with Gasteiger partial charge in [0.1, 0.15) is 5.75 Å². The van der Waals surface area contributed by atoms with Crippen molar-refractivity contribution < 1.29 is 13.2 Å². The van der Waals surface area contributed by atoms with Gasteiger partial charge in [-0.1, -0.05) is 6.58 Å². The normalized spacial score (nSPS) is 10.8. The summed E-state index contributed by atoms with van der Waals surface area (Å²) in [5.41, 5.74) is 0. The number of hydrogen-bond acceptors (Lipinski definition) is 3. The van der Waals surface area contributed by atoms with Crippen LogP contribution in [0.1, 0.15) is 0 Å². The standard InChI is InChI=1S/C8H9NO3S/c1-2-12-7-3-5-8(6-4-7)13(9,10)11/h2-6H,1H2,(H2,9,10,11). The highest BCUT2D eigenvalue weighted by Crippen LogP contribution is 2.14. The molecule has 0 fully saturated rings. The van der Waals surface area contributed by atoms with Gasteiger partial charge in [0.05, 0.1) is 11.2 Å². The summed E-state index contributed by atoms with van der Waals surface area (Å²) in [5, 5.41) is 4.89. The van der Waals surface area contributed by atoms with Gasteiger partial charge in [-0.2, -0.15) is 0 Å². The van der Waals surface area contributed by atoms with Crippen LogP contribution in [-0.2, 0) is 10.0 Å². The molecule has 0 aliphatic rings. The van der Waals surface area contributed by atoms with E-state index in [1.54, 1.807) is 0 Å². The Hall–Kier alpha value is -1.33. The smallest absolute Gasteiger partial charge is 0.238 e. The molecule has 5 heteroatoms. The summed E-state index contributed by atoms with van der Waals surface area (Å²) in [7, 11) is -3.62. The number of primary sulfonamides is 1. The van der Waals surface area contributed by atoms with Crippen molar-refractivity contribution in [2.45, 2.75) is 4.90 Å². The molecule has 70 valence electrons. The van der Waals surface area contributed by atoms with Crippen LogP contribution in [0.5, 0.6) is 5.75 Å². The number of sulfonamides is 1. The maximum Gasteiger partial charge on any atom is 0.238 e. The summed E-state index contributed by atoms with van der Waals surface area (Å²) in [4.78, 5) is 0.0592. The number of benzene rings is 1. The van der Waals surface area contributed by atoms with Crippen LogP contribution in [0.25, 0.3) is 0 Å². The predicted octanol–water partition coefficient (Wildman–Crippen LogP) is 0.856. The van der Waals surface area contributed by atoms with E-state index in [4.69, 9.17) is 9.88 Å². The molecule has 0 aliphatic carbocycles. The van der Waals surface area contributed by atoms with Crippen molar-refractivity contribution in [2.75, 3.05) is 0 Å². The Labute approximate surface area is 76.7 Å². The van der Waals surface area contributed by atoms with Crippen LogP contribution in [0.3, 0.4) is 0 Å². The summed E-state index contributed by atoms with van der Waals surface area (Å²) in [6.07, 6.45) is 1.26. The fraction of sp³-hybridized carbons (Fsp3) is 0. The van der Waals surface area contributed by atoms with Gasteiger partial charge < -0.3 is 4.74 Å². The van der Waals surface area contributed by atoms with Crippen LogP contribution in [0.15, 0.2) is 42.0 Å². The second-order valence-corrected chi connectivity index (χ2v) is 3.86. The Morgan fingerprint density at radius 1 is 1.31 bits per heavy atom. The maximum absolute atomic E-state index is 10.8. The fourth-order valence-electron chi connectivity index (χ4n) is 0.804. The minimum atomic E-state index is -3.62. The van der Waals surface area contributed by atoms with E-state index in [2.05, 4.69) is 6.58 Å². The van der Waals surface area contributed by atoms with Gasteiger partial charge in [-0.3, -0.25) is 0 Å². The molecule has 1 rings (SSSR count). The van der Waals surface area contributed by atoms with Gasteiger partial charge in [-0.05, 0) is 24.3 Å². The van der Waals surface area contributed by atoms with E-state index < -0.39 is 10.0 Å². The van der Waals surface area contributed by atoms with Crippen molar-refractivity contribution in [3.05, 3.63) is 37.1 Å². The first-order chi connectivity index (χ1) is 6.04. The zero-order valence-electron chi connectivity index (χ0n) is 6.80. The molecule has 0 amide bonds. The third kappa shape index (κ3) is 2.57. The molecule has 1 aromatic carbocycles. The minimum absolute atomic E-state index is 0.0592. The molecule has 0 aromatic heterocycles. The van der Waals surface area contributed by atoms with E-state index in [1.807, 2.05) is 0 Å². The minimum Gasteiger partial charge on any atom is -0.466 e. The lowest BCUT2D eigenvalue weighted by Gasteiger charge is -2.00. The lowest BCUT2D eigenvalue weighted by Crippen LogP contribution is -2.11. The lowest BCUT2D eigenvalue weighted by molar-refractivity contribution is 0.483. The monoisotopic (exact) mass is 199 g/mol. The maximum atomic E-state index is 10.8. The number of ether oxygens (including phenoxy) is 1. The van der Waals surface area contributed by atoms with Crippen molar-refractivity contribution in [1.82, 2.24) is 0 Å². The Bertz CT molecular complexity index is 394. The van der Waals surface area contributed by atoms with Gasteiger partial charge in [-0.15, -0.1) is 0 Å². The molecule has 4 nitrogen and oxygen atoms in total. The Balaban J connectivity index is 3.01. The quantitative estimate of drug-likeness (QED) is 0.734. The van der Waals surface area contributed by atoms with Crippen LogP contribution >= 0.6 is 0 Å². The molecule has 0 radical (unpaired) electrons. The van der Waals surface area contributed by atoms with Crippen LogP contribution in [-0.4, -0.2) is 8.42 Å². The Kier molecular flexibility index (Phi) is 2.69. The predicted molar refractivity (Wildman–Crippen MR) is 48.6 cm³/mol. The van der Waals surface area contributed by atoms with E-state index >= 15 is 0 Å². The van der Waals surface area contributed by atoms with Crippen molar-refractivity contribution in [3.8, 4) is 5.75 Å². The summed E-state index contributed by atoms with van der Waals surface area (Å²) < 4.78 is 26.5. The number of rotatable bonds is 3. The van der Waals surface area contributed by atoms with Gasteiger partial charge >= 0.3 is 0 Å². The molecule has 0 bridgehead atoms. The Morgan fingerprint density at radius 3 is 2.23 bits per heavy atom. The molecule has 0 atom stereocenters. The van der Waals surface area contributed by atoms with Gasteiger partial charge in [0.25, 0.3) is 0 Å². The van der Waals surface area contributed by atoms with Gasteiger partial charge in [0.15, 0.2) is 0 Å². The van der Waals surface area contributed by atoms with Gasteiger partial charge in [0, 0.05) is 0 Å². The third-order valence-electron chi connectivity index (χ3n) is 1.37. The second-order valence-electron chi connectivity index (χ2n) is 2.30. The van der Waals surface area contributed by atoms with Crippen molar-refractivity contribution in [3.63, 3.8) is 0 Å². The van der Waals surface area contributed by atoms with Crippen LogP contribution in [0.4, 0.5) is 0 Å². The topological polar surface area (TPSA) is 69.4 Å². The zero-order chi connectivity index (χ0) is 9.90. The van der Waals surface area contributed by atoms with Crippen LogP contribution in [0, 0.1) is 0 Å². The highest BCUT2D eigenvalue weighted by Gasteiger charge is 2.06. The van der Waals surface area contributed by atoms with Crippen molar-refractivity contribution in [1.29, 1.82) is 0 Å². The molecular weight excluding hydrogens is 190 g/mol. The van der Waals surface area contributed by atoms with E-state index in [9.17, 15) is 8.42 Å². The van der Waals surface area contributed by atoms with Crippen LogP contribution in [0.2, 0.25) is 0 Å². The third-order valence-corrected chi connectivity index (χ3v) is 2.30. The molecule has 0 saturated heterocycles. The first kappa shape index (κ1) is 9.76. The van der Waals surface area contributed by atoms with Crippen molar-refractivity contribution >= 4 is 10.0 Å². The molecule has 0 heterocycles.